The molecule has 1 aromatic carbocycles. The Kier molecular flexibility index (Phi) is 5.28. The summed E-state index contributed by atoms with van der Waals surface area (Å²) in [6, 6.07) is 4.98. The Labute approximate surface area is 140 Å². The SMILES string of the molecule is C[C@@H](Sc1nc(N)nc(N)n1)C(=O)Nc1cccc(Cl)c1Cl. The second-order valence-electron chi connectivity index (χ2n) is 4.19. The van der Waals surface area contributed by atoms with Gasteiger partial charge in [0.1, 0.15) is 0 Å². The number of aromatic nitrogens is 3. The molecule has 116 valence electrons. The minimum atomic E-state index is -0.503. The molecular formula is C12H12Cl2N6OS. The normalized spacial score (nSPS) is 12.0. The van der Waals surface area contributed by atoms with Gasteiger partial charge in [-0.05, 0) is 19.1 Å². The Balaban J connectivity index is 2.07. The molecule has 0 unspecified atom stereocenters. The van der Waals surface area contributed by atoms with E-state index in [0.717, 1.165) is 11.8 Å². The van der Waals surface area contributed by atoms with Crippen LogP contribution in [0.3, 0.4) is 0 Å². The number of halogens is 2. The molecule has 5 N–H and O–H groups in total. The maximum atomic E-state index is 12.2. The van der Waals surface area contributed by atoms with E-state index in [1.165, 1.54) is 0 Å². The summed E-state index contributed by atoms with van der Waals surface area (Å²) in [5.74, 6) is -0.285. The second kappa shape index (κ2) is 6.99. The molecule has 0 saturated carbocycles. The number of benzene rings is 1. The fraction of sp³-hybridized carbons (Fsp3) is 0.167. The Morgan fingerprint density at radius 1 is 1.23 bits per heavy atom. The lowest BCUT2D eigenvalue weighted by Crippen LogP contribution is -2.23. The highest BCUT2D eigenvalue weighted by molar-refractivity contribution is 8.00. The fourth-order valence-corrected chi connectivity index (χ4v) is 2.61. The molecular weight excluding hydrogens is 347 g/mol. The summed E-state index contributed by atoms with van der Waals surface area (Å²) in [4.78, 5) is 23.7. The molecule has 2 rings (SSSR count). The van der Waals surface area contributed by atoms with Crippen LogP contribution in [-0.4, -0.2) is 26.1 Å². The zero-order chi connectivity index (χ0) is 16.3. The van der Waals surface area contributed by atoms with Crippen LogP contribution in [0.15, 0.2) is 23.4 Å². The Morgan fingerprint density at radius 3 is 2.50 bits per heavy atom. The number of rotatable bonds is 4. The first-order valence-electron chi connectivity index (χ1n) is 6.05. The van der Waals surface area contributed by atoms with Gasteiger partial charge in [0.15, 0.2) is 5.16 Å². The molecule has 1 atom stereocenters. The minimum absolute atomic E-state index is 0.000457. The minimum Gasteiger partial charge on any atom is -0.368 e. The van der Waals surface area contributed by atoms with Crippen molar-refractivity contribution in [3.8, 4) is 0 Å². The van der Waals surface area contributed by atoms with E-state index in [1.54, 1.807) is 25.1 Å². The summed E-state index contributed by atoms with van der Waals surface area (Å²) in [5, 5.41) is 3.10. The van der Waals surface area contributed by atoms with Gasteiger partial charge >= 0.3 is 0 Å². The number of hydrogen-bond acceptors (Lipinski definition) is 7. The van der Waals surface area contributed by atoms with E-state index in [9.17, 15) is 4.79 Å². The molecule has 10 heteroatoms. The molecule has 0 radical (unpaired) electrons. The molecule has 7 nitrogen and oxygen atoms in total. The van der Waals surface area contributed by atoms with Gasteiger partial charge < -0.3 is 16.8 Å². The van der Waals surface area contributed by atoms with E-state index in [0.29, 0.717) is 10.7 Å². The van der Waals surface area contributed by atoms with Gasteiger partial charge in [0.2, 0.25) is 17.8 Å². The molecule has 1 aromatic heterocycles. The molecule has 0 aliphatic rings. The molecule has 1 heterocycles. The standard InChI is InChI=1S/C12H12Cl2N6OS/c1-5(22-12-19-10(15)18-11(16)20-12)9(21)17-7-4-2-3-6(13)8(7)14/h2-5H,1H3,(H,17,21)(H4,15,16,18,19,20)/t5-/m1/s1. The summed E-state index contributed by atoms with van der Waals surface area (Å²) >= 11 is 13.0. The highest BCUT2D eigenvalue weighted by Gasteiger charge is 2.18. The van der Waals surface area contributed by atoms with Gasteiger partial charge in [-0.1, -0.05) is 41.0 Å². The van der Waals surface area contributed by atoms with Crippen molar-refractivity contribution in [2.45, 2.75) is 17.3 Å². The highest BCUT2D eigenvalue weighted by Crippen LogP contribution is 2.30. The maximum Gasteiger partial charge on any atom is 0.237 e. The third-order valence-corrected chi connectivity index (χ3v) is 4.29. The topological polar surface area (TPSA) is 120 Å². The molecule has 22 heavy (non-hydrogen) atoms. The molecule has 0 fully saturated rings. The predicted octanol–water partition coefficient (Wildman–Crippen LogP) is 2.46. The lowest BCUT2D eigenvalue weighted by molar-refractivity contribution is -0.115. The Hall–Kier alpha value is -1.77. The molecule has 1 amide bonds. The summed E-state index contributed by atoms with van der Waals surface area (Å²) < 4.78 is 0. The van der Waals surface area contributed by atoms with E-state index in [1.807, 2.05) is 0 Å². The lowest BCUT2D eigenvalue weighted by atomic mass is 10.3. The first-order valence-corrected chi connectivity index (χ1v) is 7.69. The van der Waals surface area contributed by atoms with Crippen LogP contribution in [0.1, 0.15) is 6.92 Å². The van der Waals surface area contributed by atoms with Gasteiger partial charge in [0.25, 0.3) is 0 Å². The predicted molar refractivity (Wildman–Crippen MR) is 89.1 cm³/mol. The number of nitrogens with one attached hydrogen (secondary N) is 1. The first-order chi connectivity index (χ1) is 10.4. The molecule has 2 aromatic rings. The van der Waals surface area contributed by atoms with Crippen LogP contribution in [-0.2, 0) is 4.79 Å². The van der Waals surface area contributed by atoms with Gasteiger partial charge in [0, 0.05) is 0 Å². The van der Waals surface area contributed by atoms with Crippen molar-refractivity contribution in [2.24, 2.45) is 0 Å². The van der Waals surface area contributed by atoms with E-state index in [4.69, 9.17) is 34.7 Å². The van der Waals surface area contributed by atoms with E-state index in [-0.39, 0.29) is 28.0 Å². The van der Waals surface area contributed by atoms with Crippen LogP contribution in [0.2, 0.25) is 10.0 Å². The smallest absolute Gasteiger partial charge is 0.237 e. The van der Waals surface area contributed by atoms with Crippen LogP contribution in [0.5, 0.6) is 0 Å². The molecule has 0 aliphatic carbocycles. The largest absolute Gasteiger partial charge is 0.368 e. The van der Waals surface area contributed by atoms with Crippen molar-refractivity contribution in [1.82, 2.24) is 15.0 Å². The van der Waals surface area contributed by atoms with Crippen molar-refractivity contribution in [3.05, 3.63) is 28.2 Å². The second-order valence-corrected chi connectivity index (χ2v) is 6.28. The van der Waals surface area contributed by atoms with Gasteiger partial charge in [-0.3, -0.25) is 4.79 Å². The Bertz CT molecular complexity index is 694. The number of carbonyl (C=O) groups is 1. The Morgan fingerprint density at radius 2 is 1.86 bits per heavy atom. The fourth-order valence-electron chi connectivity index (χ4n) is 1.49. The molecule has 0 bridgehead atoms. The van der Waals surface area contributed by atoms with Gasteiger partial charge in [-0.2, -0.15) is 15.0 Å². The van der Waals surface area contributed by atoms with Gasteiger partial charge in [-0.15, -0.1) is 0 Å². The van der Waals surface area contributed by atoms with Crippen LogP contribution >= 0.6 is 35.0 Å². The molecule has 0 spiro atoms. The quantitative estimate of drug-likeness (QED) is 0.717. The summed E-state index contributed by atoms with van der Waals surface area (Å²) in [6.45, 7) is 1.69. The van der Waals surface area contributed by atoms with Crippen LogP contribution in [0.4, 0.5) is 17.6 Å². The summed E-state index contributed by atoms with van der Waals surface area (Å²) in [7, 11) is 0. The van der Waals surface area contributed by atoms with Crippen molar-refractivity contribution in [3.63, 3.8) is 0 Å². The number of carbonyl (C=O) groups excluding carboxylic acids is 1. The third-order valence-electron chi connectivity index (χ3n) is 2.51. The number of nitrogens with two attached hydrogens (primary N) is 2. The lowest BCUT2D eigenvalue weighted by Gasteiger charge is -2.12. The summed E-state index contributed by atoms with van der Waals surface area (Å²) in [6.07, 6.45) is 0. The summed E-state index contributed by atoms with van der Waals surface area (Å²) in [5.41, 5.74) is 11.4. The average Bonchev–Trinajstić information content (AvgIpc) is 2.42. The number of hydrogen-bond donors (Lipinski definition) is 3. The van der Waals surface area contributed by atoms with Crippen LogP contribution in [0, 0.1) is 0 Å². The number of nitrogens with zero attached hydrogens (tertiary/aromatic N) is 3. The van der Waals surface area contributed by atoms with Crippen molar-refractivity contribution in [1.29, 1.82) is 0 Å². The average molecular weight is 359 g/mol. The first kappa shape index (κ1) is 16.6. The zero-order valence-electron chi connectivity index (χ0n) is 11.4. The van der Waals surface area contributed by atoms with E-state index in [2.05, 4.69) is 20.3 Å². The van der Waals surface area contributed by atoms with Gasteiger partial charge in [0.05, 0.1) is 21.0 Å². The maximum absolute atomic E-state index is 12.2. The van der Waals surface area contributed by atoms with Crippen molar-refractivity contribution in [2.75, 3.05) is 16.8 Å². The van der Waals surface area contributed by atoms with Crippen LogP contribution in [0.25, 0.3) is 0 Å². The molecule has 0 aliphatic heterocycles. The monoisotopic (exact) mass is 358 g/mol. The van der Waals surface area contributed by atoms with Crippen molar-refractivity contribution < 1.29 is 4.79 Å². The van der Waals surface area contributed by atoms with Crippen molar-refractivity contribution >= 4 is 58.5 Å². The third kappa shape index (κ3) is 4.12. The van der Waals surface area contributed by atoms with Gasteiger partial charge in [-0.25, -0.2) is 0 Å². The molecule has 0 saturated heterocycles. The number of nitrogen functional groups attached to an aromatic ring is 2. The van der Waals surface area contributed by atoms with E-state index < -0.39 is 5.25 Å². The van der Waals surface area contributed by atoms with E-state index >= 15 is 0 Å². The number of thioether (sulfide) groups is 1. The highest BCUT2D eigenvalue weighted by atomic mass is 35.5. The van der Waals surface area contributed by atoms with Crippen LogP contribution < -0.4 is 16.8 Å². The number of anilines is 3. The number of amides is 1. The zero-order valence-corrected chi connectivity index (χ0v) is 13.7.